The fourth-order valence-corrected chi connectivity index (χ4v) is 3.36. The maximum atomic E-state index is 5.32. The molecule has 0 heterocycles. The van der Waals surface area contributed by atoms with Crippen LogP contribution in [0.15, 0.2) is 89.9 Å². The molecule has 0 aromatic heterocycles. The van der Waals surface area contributed by atoms with Crippen molar-refractivity contribution in [3.05, 3.63) is 102 Å². The standard InChI is InChI=1S/C26H29NO/c1-26(2,3)25(22-15-17-23(28-4)18-16-22)27-24(21-13-9-6-10-14-21)19-20-11-7-5-8-12-20/h5-18,24H,19H2,1-4H3. The van der Waals surface area contributed by atoms with Crippen LogP contribution in [0.25, 0.3) is 0 Å². The monoisotopic (exact) mass is 371 g/mol. The minimum atomic E-state index is -0.0711. The lowest BCUT2D eigenvalue weighted by molar-refractivity contribution is 0.414. The first-order valence-corrected chi connectivity index (χ1v) is 9.79. The van der Waals surface area contributed by atoms with Crippen LogP contribution in [0.5, 0.6) is 5.75 Å². The molecular formula is C26H29NO. The first-order chi connectivity index (χ1) is 13.5. The van der Waals surface area contributed by atoms with Gasteiger partial charge in [0.15, 0.2) is 0 Å². The van der Waals surface area contributed by atoms with Crippen LogP contribution in [-0.4, -0.2) is 12.8 Å². The Hall–Kier alpha value is -2.87. The Kier molecular flexibility index (Phi) is 6.30. The molecule has 3 rings (SSSR count). The van der Waals surface area contributed by atoms with Crippen LogP contribution in [0, 0.1) is 5.41 Å². The van der Waals surface area contributed by atoms with E-state index >= 15 is 0 Å². The van der Waals surface area contributed by atoms with Crippen LogP contribution >= 0.6 is 0 Å². The lowest BCUT2D eigenvalue weighted by atomic mass is 9.84. The van der Waals surface area contributed by atoms with Crippen molar-refractivity contribution in [3.63, 3.8) is 0 Å². The second-order valence-electron chi connectivity index (χ2n) is 8.07. The van der Waals surface area contributed by atoms with Gasteiger partial charge in [-0.3, -0.25) is 4.99 Å². The summed E-state index contributed by atoms with van der Waals surface area (Å²) in [6, 6.07) is 29.5. The van der Waals surface area contributed by atoms with Gasteiger partial charge in [0.05, 0.1) is 13.2 Å². The number of hydrogen-bond donors (Lipinski definition) is 0. The zero-order valence-electron chi connectivity index (χ0n) is 17.2. The van der Waals surface area contributed by atoms with Crippen LogP contribution in [0.1, 0.15) is 43.5 Å². The predicted octanol–water partition coefficient (Wildman–Crippen LogP) is 6.51. The van der Waals surface area contributed by atoms with Crippen molar-refractivity contribution in [3.8, 4) is 5.75 Å². The molecule has 0 saturated carbocycles. The molecular weight excluding hydrogens is 342 g/mol. The summed E-state index contributed by atoms with van der Waals surface area (Å²) < 4.78 is 5.32. The van der Waals surface area contributed by atoms with Gasteiger partial charge in [-0.15, -0.1) is 0 Å². The van der Waals surface area contributed by atoms with Crippen LogP contribution < -0.4 is 4.74 Å². The summed E-state index contributed by atoms with van der Waals surface area (Å²) >= 11 is 0. The molecule has 2 nitrogen and oxygen atoms in total. The van der Waals surface area contributed by atoms with Crippen LogP contribution in [0.4, 0.5) is 0 Å². The third-order valence-corrected chi connectivity index (χ3v) is 4.82. The minimum Gasteiger partial charge on any atom is -0.497 e. The van der Waals surface area contributed by atoms with Gasteiger partial charge in [-0.05, 0) is 47.4 Å². The summed E-state index contributed by atoms with van der Waals surface area (Å²) in [5.41, 5.74) is 4.71. The number of hydrogen-bond acceptors (Lipinski definition) is 2. The van der Waals surface area contributed by atoms with E-state index in [2.05, 4.69) is 93.6 Å². The van der Waals surface area contributed by atoms with Gasteiger partial charge in [-0.1, -0.05) is 81.4 Å². The zero-order chi connectivity index (χ0) is 20.0. The maximum absolute atomic E-state index is 5.32. The Morgan fingerprint density at radius 3 is 1.93 bits per heavy atom. The number of rotatable bonds is 6. The molecule has 0 radical (unpaired) electrons. The van der Waals surface area contributed by atoms with Gasteiger partial charge in [0.1, 0.15) is 5.75 Å². The zero-order valence-corrected chi connectivity index (χ0v) is 17.2. The van der Waals surface area contributed by atoms with E-state index < -0.39 is 0 Å². The normalized spacial score (nSPS) is 13.2. The van der Waals surface area contributed by atoms with E-state index in [0.29, 0.717) is 0 Å². The lowest BCUT2D eigenvalue weighted by Crippen LogP contribution is -2.23. The fourth-order valence-electron chi connectivity index (χ4n) is 3.36. The van der Waals surface area contributed by atoms with Crippen molar-refractivity contribution in [1.29, 1.82) is 0 Å². The number of ether oxygens (including phenoxy) is 1. The molecule has 0 N–H and O–H groups in total. The van der Waals surface area contributed by atoms with Gasteiger partial charge in [-0.2, -0.15) is 0 Å². The first-order valence-electron chi connectivity index (χ1n) is 9.79. The Bertz CT molecular complexity index is 891. The molecule has 1 unspecified atom stereocenters. The van der Waals surface area contributed by atoms with Crippen molar-refractivity contribution in [2.24, 2.45) is 10.4 Å². The van der Waals surface area contributed by atoms with Crippen LogP contribution in [-0.2, 0) is 6.42 Å². The quantitative estimate of drug-likeness (QED) is 0.452. The molecule has 144 valence electrons. The molecule has 0 aliphatic carbocycles. The highest BCUT2D eigenvalue weighted by molar-refractivity contribution is 6.04. The van der Waals surface area contributed by atoms with E-state index in [1.165, 1.54) is 11.1 Å². The molecule has 0 spiro atoms. The first kappa shape index (κ1) is 19.9. The molecule has 2 heteroatoms. The Morgan fingerprint density at radius 1 is 0.821 bits per heavy atom. The molecule has 3 aromatic carbocycles. The minimum absolute atomic E-state index is 0.0694. The van der Waals surface area contributed by atoms with E-state index in [4.69, 9.17) is 9.73 Å². The van der Waals surface area contributed by atoms with Crippen molar-refractivity contribution >= 4 is 5.71 Å². The highest BCUT2D eigenvalue weighted by Crippen LogP contribution is 2.29. The molecule has 0 aliphatic rings. The van der Waals surface area contributed by atoms with E-state index in [9.17, 15) is 0 Å². The van der Waals surface area contributed by atoms with Crippen molar-refractivity contribution in [1.82, 2.24) is 0 Å². The van der Waals surface area contributed by atoms with Gasteiger partial charge in [0.2, 0.25) is 0 Å². The third kappa shape index (κ3) is 5.10. The molecule has 3 aromatic rings. The van der Waals surface area contributed by atoms with Gasteiger partial charge in [0.25, 0.3) is 0 Å². The Morgan fingerprint density at radius 2 is 1.39 bits per heavy atom. The fraction of sp³-hybridized carbons (Fsp3) is 0.269. The topological polar surface area (TPSA) is 21.6 Å². The highest BCUT2D eigenvalue weighted by atomic mass is 16.5. The average Bonchev–Trinajstić information content (AvgIpc) is 2.72. The van der Waals surface area contributed by atoms with E-state index in [-0.39, 0.29) is 11.5 Å². The van der Waals surface area contributed by atoms with Gasteiger partial charge < -0.3 is 4.74 Å². The Balaban J connectivity index is 2.05. The number of aliphatic imine (C=N–C) groups is 1. The average molecular weight is 372 g/mol. The summed E-state index contributed by atoms with van der Waals surface area (Å²) in [7, 11) is 1.69. The van der Waals surface area contributed by atoms with Gasteiger partial charge in [-0.25, -0.2) is 0 Å². The highest BCUT2D eigenvalue weighted by Gasteiger charge is 2.23. The predicted molar refractivity (Wildman–Crippen MR) is 118 cm³/mol. The Labute approximate surface area is 168 Å². The summed E-state index contributed by atoms with van der Waals surface area (Å²) in [5, 5.41) is 0. The smallest absolute Gasteiger partial charge is 0.118 e. The van der Waals surface area contributed by atoms with Crippen molar-refractivity contribution in [2.45, 2.75) is 33.2 Å². The van der Waals surface area contributed by atoms with Crippen LogP contribution in [0.3, 0.4) is 0 Å². The second kappa shape index (κ2) is 8.88. The van der Waals surface area contributed by atoms with Crippen molar-refractivity contribution in [2.75, 3.05) is 7.11 Å². The number of benzene rings is 3. The SMILES string of the molecule is COc1ccc(C(=NC(Cc2ccccc2)c2ccccc2)C(C)(C)C)cc1. The maximum Gasteiger partial charge on any atom is 0.118 e. The molecule has 0 amide bonds. The third-order valence-electron chi connectivity index (χ3n) is 4.82. The van der Waals surface area contributed by atoms with Crippen molar-refractivity contribution < 1.29 is 4.74 Å². The van der Waals surface area contributed by atoms with Gasteiger partial charge in [0, 0.05) is 11.1 Å². The molecule has 0 aliphatic heterocycles. The van der Waals surface area contributed by atoms with Gasteiger partial charge >= 0.3 is 0 Å². The lowest BCUT2D eigenvalue weighted by Gasteiger charge is -2.25. The number of nitrogens with zero attached hydrogens (tertiary/aromatic N) is 1. The summed E-state index contributed by atoms with van der Waals surface area (Å²) in [5.74, 6) is 0.862. The molecule has 0 fully saturated rings. The summed E-state index contributed by atoms with van der Waals surface area (Å²) in [4.78, 5) is 5.31. The second-order valence-corrected chi connectivity index (χ2v) is 8.07. The molecule has 0 saturated heterocycles. The van der Waals surface area contributed by atoms with E-state index in [0.717, 1.165) is 23.4 Å². The largest absolute Gasteiger partial charge is 0.497 e. The summed E-state index contributed by atoms with van der Waals surface area (Å²) in [6.07, 6.45) is 0.876. The molecule has 0 bridgehead atoms. The molecule has 1 atom stereocenters. The molecule has 28 heavy (non-hydrogen) atoms. The number of methoxy groups -OCH3 is 1. The van der Waals surface area contributed by atoms with Crippen LogP contribution in [0.2, 0.25) is 0 Å². The summed E-state index contributed by atoms with van der Waals surface area (Å²) in [6.45, 7) is 6.67. The van der Waals surface area contributed by atoms with E-state index in [1.807, 2.05) is 12.1 Å². The van der Waals surface area contributed by atoms with E-state index in [1.54, 1.807) is 7.11 Å².